The van der Waals surface area contributed by atoms with Crippen LogP contribution in [0.25, 0.3) is 0 Å². The van der Waals surface area contributed by atoms with Crippen LogP contribution in [0, 0.1) is 0 Å². The summed E-state index contributed by atoms with van der Waals surface area (Å²) in [4.78, 5) is 14.3. The average Bonchev–Trinajstić information content (AvgIpc) is 2.55. The van der Waals surface area contributed by atoms with Gasteiger partial charge in [-0.15, -0.1) is 0 Å². The third kappa shape index (κ3) is 14.6. The van der Waals surface area contributed by atoms with Gasteiger partial charge in [-0.3, -0.25) is 4.79 Å². The molecule has 0 aliphatic heterocycles. The molecule has 171 valence electrons. The van der Waals surface area contributed by atoms with Gasteiger partial charge in [0.2, 0.25) is 5.91 Å². The molecule has 0 saturated heterocycles. The molecule has 0 N–H and O–H groups in total. The van der Waals surface area contributed by atoms with Crippen LogP contribution >= 0.6 is 0 Å². The molecule has 0 spiro atoms. The Morgan fingerprint density at radius 2 is 1.34 bits per heavy atom. The molecule has 0 heterocycles. The molecule has 0 aromatic heterocycles. The Balaban J connectivity index is 4.58. The van der Waals surface area contributed by atoms with Gasteiger partial charge in [0.15, 0.2) is 34.0 Å². The molecule has 0 fully saturated rings. The van der Waals surface area contributed by atoms with E-state index in [1.807, 2.05) is 4.90 Å². The van der Waals surface area contributed by atoms with Crippen molar-refractivity contribution in [2.75, 3.05) is 13.1 Å². The van der Waals surface area contributed by atoms with E-state index in [1.165, 1.54) is 25.0 Å². The van der Waals surface area contributed by atoms with Crippen molar-refractivity contribution in [2.24, 2.45) is 0 Å². The van der Waals surface area contributed by atoms with Crippen molar-refractivity contribution < 1.29 is 13.0 Å². The maximum atomic E-state index is 12.3. The largest absolute Gasteiger partial charge is 0.456 e. The van der Waals surface area contributed by atoms with Gasteiger partial charge in [0.25, 0.3) is 0 Å². The summed E-state index contributed by atoms with van der Waals surface area (Å²) in [5.74, 6) is 0.0548. The number of hydrogen-bond donors (Lipinski definition) is 0. The fraction of sp³-hybridized carbons (Fsp3) is 0.857. The van der Waals surface area contributed by atoms with Gasteiger partial charge in [0.05, 0.1) is 0 Å². The van der Waals surface area contributed by atoms with E-state index in [0.29, 0.717) is 0 Å². The molecule has 0 atom stereocenters. The predicted octanol–water partition coefficient (Wildman–Crippen LogP) is 6.48. The number of amides is 1. The number of nitrogens with zero attached hydrogens (tertiary/aromatic N) is 1. The first-order chi connectivity index (χ1) is 13.2. The van der Waals surface area contributed by atoms with Crippen molar-refractivity contribution in [1.29, 1.82) is 0 Å². The Bertz CT molecular complexity index is 496. The molecule has 0 aromatic carbocycles. The first kappa shape index (κ1) is 29.0. The molecule has 0 aromatic rings. The lowest BCUT2D eigenvalue weighted by atomic mass is 10.3. The van der Waals surface area contributed by atoms with E-state index in [4.69, 9.17) is 8.23 Å². The van der Waals surface area contributed by atoms with E-state index in [2.05, 4.69) is 65.9 Å². The van der Waals surface area contributed by atoms with Gasteiger partial charge in [0, 0.05) is 13.1 Å². The number of rotatable bonds is 16. The summed E-state index contributed by atoms with van der Waals surface area (Å²) in [6, 6.07) is 3.46. The molecular formula is C21H48NO3Si4. The van der Waals surface area contributed by atoms with Crippen LogP contribution in [0.4, 0.5) is 0 Å². The summed E-state index contributed by atoms with van der Waals surface area (Å²) in [6.07, 6.45) is 6.00. The maximum Gasteiger partial charge on any atom is 0.245 e. The van der Waals surface area contributed by atoms with E-state index in [-0.39, 0.29) is 5.91 Å². The minimum atomic E-state index is -1.69. The van der Waals surface area contributed by atoms with Gasteiger partial charge < -0.3 is 13.1 Å². The Kier molecular flexibility index (Phi) is 13.4. The van der Waals surface area contributed by atoms with Crippen LogP contribution in [0.1, 0.15) is 32.6 Å². The van der Waals surface area contributed by atoms with Crippen LogP contribution in [0.15, 0.2) is 12.7 Å². The topological polar surface area (TPSA) is 38.8 Å². The number of hydrogen-bond acceptors (Lipinski definition) is 3. The summed E-state index contributed by atoms with van der Waals surface area (Å²) < 4.78 is 12.9. The van der Waals surface area contributed by atoms with E-state index < -0.39 is 34.0 Å². The monoisotopic (exact) mass is 474 g/mol. The van der Waals surface area contributed by atoms with Crippen LogP contribution in [0.3, 0.4) is 0 Å². The van der Waals surface area contributed by atoms with Crippen LogP contribution in [-0.2, 0) is 13.0 Å². The van der Waals surface area contributed by atoms with Crippen LogP contribution in [0.5, 0.6) is 0 Å². The minimum absolute atomic E-state index is 0.0548. The first-order valence-electron chi connectivity index (χ1n) is 11.3. The molecule has 1 radical (unpaired) electrons. The second-order valence-corrected chi connectivity index (χ2v) is 25.7. The zero-order valence-electron chi connectivity index (χ0n) is 20.8. The van der Waals surface area contributed by atoms with Crippen molar-refractivity contribution in [1.82, 2.24) is 4.90 Å². The van der Waals surface area contributed by atoms with Gasteiger partial charge in [-0.05, 0) is 89.4 Å². The molecule has 4 nitrogen and oxygen atoms in total. The van der Waals surface area contributed by atoms with Crippen LogP contribution in [0.2, 0.25) is 70.5 Å². The molecule has 8 heteroatoms. The summed E-state index contributed by atoms with van der Waals surface area (Å²) in [6.45, 7) is 25.9. The lowest BCUT2D eigenvalue weighted by Crippen LogP contribution is -2.44. The Morgan fingerprint density at radius 1 is 0.897 bits per heavy atom. The standard InChI is InChI=1S/C21H48NO3Si4/c1-11-13-18-28(7,8)25-29(9,10)20-15-17-22(21(23)12-2)16-14-19-27(5,6)24-26(3)4/h12H,2,11,13-20H2,1,3-10H3. The third-order valence-electron chi connectivity index (χ3n) is 5.07. The van der Waals surface area contributed by atoms with Gasteiger partial charge in [-0.25, -0.2) is 0 Å². The van der Waals surface area contributed by atoms with Crippen molar-refractivity contribution in [2.45, 2.75) is 103 Å². The smallest absolute Gasteiger partial charge is 0.245 e. The van der Waals surface area contributed by atoms with Crippen molar-refractivity contribution in [3.8, 4) is 0 Å². The van der Waals surface area contributed by atoms with E-state index in [1.54, 1.807) is 0 Å². The second kappa shape index (κ2) is 13.4. The SMILES string of the molecule is C=CC(=O)N(CCC[Si](C)(C)O[Si](C)C)CCC[Si](C)(C)O[Si](C)(C)CCCC. The first-order valence-corrected chi connectivity index (χ1v) is 23.1. The summed E-state index contributed by atoms with van der Waals surface area (Å²) >= 11 is 0. The van der Waals surface area contributed by atoms with Gasteiger partial charge in [-0.1, -0.05) is 26.3 Å². The Labute approximate surface area is 186 Å². The molecule has 0 bridgehead atoms. The number of carbonyl (C=O) groups is 1. The second-order valence-electron chi connectivity index (χ2n) is 10.2. The van der Waals surface area contributed by atoms with E-state index in [0.717, 1.165) is 38.0 Å². The van der Waals surface area contributed by atoms with Crippen LogP contribution in [-0.4, -0.2) is 57.9 Å². The molecular weight excluding hydrogens is 427 g/mol. The Hall–Kier alpha value is -0.00247. The molecule has 0 rings (SSSR count). The summed E-state index contributed by atoms with van der Waals surface area (Å²) in [5.41, 5.74) is 0. The molecule has 29 heavy (non-hydrogen) atoms. The highest BCUT2D eigenvalue weighted by atomic mass is 28.4. The van der Waals surface area contributed by atoms with Gasteiger partial charge in [-0.2, -0.15) is 0 Å². The normalized spacial score (nSPS) is 13.0. The predicted molar refractivity (Wildman–Crippen MR) is 137 cm³/mol. The summed E-state index contributed by atoms with van der Waals surface area (Å²) in [5, 5.41) is 0. The molecule has 0 unspecified atom stereocenters. The molecule has 0 saturated carbocycles. The van der Waals surface area contributed by atoms with Crippen molar-refractivity contribution in [3.05, 3.63) is 12.7 Å². The highest BCUT2D eigenvalue weighted by molar-refractivity contribution is 6.84. The van der Waals surface area contributed by atoms with Crippen molar-refractivity contribution in [3.63, 3.8) is 0 Å². The number of carbonyl (C=O) groups excluding carboxylic acids is 1. The van der Waals surface area contributed by atoms with Crippen LogP contribution < -0.4 is 0 Å². The minimum Gasteiger partial charge on any atom is -0.456 e. The fourth-order valence-electron chi connectivity index (χ4n) is 3.91. The van der Waals surface area contributed by atoms with E-state index in [9.17, 15) is 4.79 Å². The zero-order chi connectivity index (χ0) is 22.7. The lowest BCUT2D eigenvalue weighted by Gasteiger charge is -2.34. The third-order valence-corrected chi connectivity index (χ3v) is 18.0. The summed E-state index contributed by atoms with van der Waals surface area (Å²) in [7, 11) is -5.51. The van der Waals surface area contributed by atoms with Gasteiger partial charge >= 0.3 is 0 Å². The molecule has 0 aliphatic carbocycles. The quantitative estimate of drug-likeness (QED) is 0.190. The Morgan fingerprint density at radius 3 is 1.76 bits per heavy atom. The maximum absolute atomic E-state index is 12.3. The molecule has 1 amide bonds. The highest BCUT2D eigenvalue weighted by Gasteiger charge is 2.32. The fourth-order valence-corrected chi connectivity index (χ4v) is 18.8. The lowest BCUT2D eigenvalue weighted by molar-refractivity contribution is -0.126. The number of unbranched alkanes of at least 4 members (excludes halogenated alkanes) is 1. The average molecular weight is 475 g/mol. The van der Waals surface area contributed by atoms with Crippen molar-refractivity contribution >= 4 is 39.9 Å². The zero-order valence-corrected chi connectivity index (χ0v) is 24.8. The van der Waals surface area contributed by atoms with E-state index >= 15 is 0 Å². The van der Waals surface area contributed by atoms with Gasteiger partial charge in [0.1, 0.15) is 0 Å². The molecule has 0 aliphatic rings. The highest BCUT2D eigenvalue weighted by Crippen LogP contribution is 2.24.